The van der Waals surface area contributed by atoms with Crippen molar-refractivity contribution in [2.45, 2.75) is 25.9 Å². The van der Waals surface area contributed by atoms with Crippen LogP contribution in [0.15, 0.2) is 58.5 Å². The number of hydrogen-bond acceptors (Lipinski definition) is 5. The third kappa shape index (κ3) is 4.32. The van der Waals surface area contributed by atoms with Crippen LogP contribution in [0.4, 0.5) is 5.69 Å². The standard InChI is InChI=1S/C23H21N3O2S2/c1-13-9-14(2)11-17(10-13)24-18(27)12-29-23-25-21(28)20-19(15(3)30-22(20)26-23)16-7-5-4-6-8-16/h4-11H,12H2,1-3H3,(H,24,27)(H,25,26,28). The molecule has 1 amide bonds. The van der Waals surface area contributed by atoms with Crippen molar-refractivity contribution in [1.82, 2.24) is 9.97 Å². The summed E-state index contributed by atoms with van der Waals surface area (Å²) in [6.07, 6.45) is 0. The summed E-state index contributed by atoms with van der Waals surface area (Å²) < 4.78 is 0. The van der Waals surface area contributed by atoms with Gasteiger partial charge in [-0.05, 0) is 49.6 Å². The minimum absolute atomic E-state index is 0.139. The van der Waals surface area contributed by atoms with Gasteiger partial charge in [0.2, 0.25) is 5.91 Å². The van der Waals surface area contributed by atoms with Crippen molar-refractivity contribution in [2.75, 3.05) is 11.1 Å². The Morgan fingerprint density at radius 2 is 1.80 bits per heavy atom. The predicted molar refractivity (Wildman–Crippen MR) is 126 cm³/mol. The Bertz CT molecular complexity index is 1270. The molecule has 0 fully saturated rings. The summed E-state index contributed by atoms with van der Waals surface area (Å²) in [6, 6.07) is 15.8. The molecule has 0 aliphatic rings. The van der Waals surface area contributed by atoms with Crippen molar-refractivity contribution < 1.29 is 4.79 Å². The molecule has 5 nitrogen and oxygen atoms in total. The molecule has 7 heteroatoms. The molecule has 4 aromatic rings. The Morgan fingerprint density at radius 3 is 2.50 bits per heavy atom. The van der Waals surface area contributed by atoms with Crippen LogP contribution >= 0.6 is 23.1 Å². The molecule has 0 atom stereocenters. The summed E-state index contributed by atoms with van der Waals surface area (Å²) >= 11 is 2.72. The quantitative estimate of drug-likeness (QED) is 0.329. The summed E-state index contributed by atoms with van der Waals surface area (Å²) in [7, 11) is 0. The maximum Gasteiger partial charge on any atom is 0.260 e. The fraction of sp³-hybridized carbons (Fsp3) is 0.174. The average molecular weight is 436 g/mol. The number of thiophene rings is 1. The van der Waals surface area contributed by atoms with Gasteiger partial charge < -0.3 is 10.3 Å². The van der Waals surface area contributed by atoms with E-state index in [-0.39, 0.29) is 17.2 Å². The zero-order valence-electron chi connectivity index (χ0n) is 16.9. The zero-order chi connectivity index (χ0) is 21.3. The third-order valence-corrected chi connectivity index (χ3v) is 6.50. The number of rotatable bonds is 5. The van der Waals surface area contributed by atoms with Gasteiger partial charge in [0.05, 0.1) is 11.1 Å². The number of carbonyl (C=O) groups excluding carboxylic acids is 1. The number of anilines is 1. The molecule has 2 aromatic carbocycles. The second kappa shape index (κ2) is 8.45. The van der Waals surface area contributed by atoms with Gasteiger partial charge in [-0.3, -0.25) is 9.59 Å². The number of carbonyl (C=O) groups is 1. The van der Waals surface area contributed by atoms with Gasteiger partial charge in [0, 0.05) is 16.1 Å². The lowest BCUT2D eigenvalue weighted by Crippen LogP contribution is -2.15. The first-order chi connectivity index (χ1) is 14.4. The molecule has 2 heterocycles. The Kier molecular flexibility index (Phi) is 5.74. The summed E-state index contributed by atoms with van der Waals surface area (Å²) in [4.78, 5) is 34.3. The first-order valence-electron chi connectivity index (χ1n) is 9.50. The fourth-order valence-corrected chi connectivity index (χ4v) is 5.26. The highest BCUT2D eigenvalue weighted by Gasteiger charge is 2.17. The van der Waals surface area contributed by atoms with E-state index in [2.05, 4.69) is 21.4 Å². The van der Waals surface area contributed by atoms with Crippen LogP contribution in [0.25, 0.3) is 21.3 Å². The Balaban J connectivity index is 1.54. The molecule has 0 unspecified atom stereocenters. The van der Waals surface area contributed by atoms with Gasteiger partial charge in [0.1, 0.15) is 4.83 Å². The summed E-state index contributed by atoms with van der Waals surface area (Å²) in [5.41, 5.74) is 4.71. The second-order valence-corrected chi connectivity index (χ2v) is 9.33. The molecule has 0 spiro atoms. The molecule has 0 saturated carbocycles. The number of hydrogen-bond donors (Lipinski definition) is 2. The summed E-state index contributed by atoms with van der Waals surface area (Å²) in [5.74, 6) is 0.0252. The number of benzene rings is 2. The Hall–Kier alpha value is -2.90. The monoisotopic (exact) mass is 435 g/mol. The van der Waals surface area contributed by atoms with Crippen LogP contribution in [0, 0.1) is 20.8 Å². The van der Waals surface area contributed by atoms with Gasteiger partial charge in [-0.2, -0.15) is 0 Å². The molecular formula is C23H21N3O2S2. The van der Waals surface area contributed by atoms with Crippen LogP contribution in [-0.2, 0) is 4.79 Å². The fourth-order valence-electron chi connectivity index (χ4n) is 3.50. The maximum absolute atomic E-state index is 12.8. The summed E-state index contributed by atoms with van der Waals surface area (Å²) in [5, 5.41) is 3.96. The largest absolute Gasteiger partial charge is 0.325 e. The van der Waals surface area contributed by atoms with Crippen molar-refractivity contribution >= 4 is 44.9 Å². The predicted octanol–water partition coefficient (Wildman–Crippen LogP) is 5.31. The first-order valence-corrected chi connectivity index (χ1v) is 11.3. The molecule has 0 bridgehead atoms. The van der Waals surface area contributed by atoms with Crippen LogP contribution in [-0.4, -0.2) is 21.6 Å². The number of nitrogens with zero attached hydrogens (tertiary/aromatic N) is 1. The van der Waals surface area contributed by atoms with Crippen LogP contribution in [0.1, 0.15) is 16.0 Å². The highest BCUT2D eigenvalue weighted by atomic mass is 32.2. The Morgan fingerprint density at radius 1 is 1.10 bits per heavy atom. The van der Waals surface area contributed by atoms with Crippen molar-refractivity contribution in [3.63, 3.8) is 0 Å². The van der Waals surface area contributed by atoms with Gasteiger partial charge in [0.25, 0.3) is 5.56 Å². The van der Waals surface area contributed by atoms with Gasteiger partial charge in [-0.1, -0.05) is 48.2 Å². The number of aromatic amines is 1. The summed E-state index contributed by atoms with van der Waals surface area (Å²) in [6.45, 7) is 5.99. The number of amides is 1. The second-order valence-electron chi connectivity index (χ2n) is 7.16. The normalized spacial score (nSPS) is 11.0. The number of nitrogens with one attached hydrogen (secondary N) is 2. The van der Waals surface area contributed by atoms with E-state index in [1.165, 1.54) is 23.1 Å². The van der Waals surface area contributed by atoms with Crippen LogP contribution in [0.2, 0.25) is 0 Å². The van der Waals surface area contributed by atoms with Crippen LogP contribution in [0.3, 0.4) is 0 Å². The van der Waals surface area contributed by atoms with E-state index < -0.39 is 0 Å². The molecule has 0 aliphatic carbocycles. The van der Waals surface area contributed by atoms with Crippen LogP contribution < -0.4 is 10.9 Å². The third-order valence-electron chi connectivity index (χ3n) is 4.62. The molecule has 0 aliphatic heterocycles. The number of H-pyrrole nitrogens is 1. The smallest absolute Gasteiger partial charge is 0.260 e. The van der Waals surface area contributed by atoms with E-state index in [4.69, 9.17) is 0 Å². The lowest BCUT2D eigenvalue weighted by atomic mass is 10.0. The zero-order valence-corrected chi connectivity index (χ0v) is 18.5. The van der Waals surface area contributed by atoms with Crippen LogP contribution in [0.5, 0.6) is 0 Å². The molecule has 0 radical (unpaired) electrons. The number of thioether (sulfide) groups is 1. The minimum Gasteiger partial charge on any atom is -0.325 e. The van der Waals surface area contributed by atoms with E-state index in [0.717, 1.165) is 32.8 Å². The minimum atomic E-state index is -0.180. The highest BCUT2D eigenvalue weighted by molar-refractivity contribution is 7.99. The van der Waals surface area contributed by atoms with Crippen molar-refractivity contribution in [2.24, 2.45) is 0 Å². The molecular weight excluding hydrogens is 414 g/mol. The lowest BCUT2D eigenvalue weighted by molar-refractivity contribution is -0.113. The van der Waals surface area contributed by atoms with E-state index in [1.807, 2.05) is 63.2 Å². The molecule has 152 valence electrons. The first kappa shape index (κ1) is 20.4. The van der Waals surface area contributed by atoms with Crippen molar-refractivity contribution in [1.29, 1.82) is 0 Å². The number of aromatic nitrogens is 2. The van der Waals surface area contributed by atoms with Crippen molar-refractivity contribution in [3.8, 4) is 11.1 Å². The van der Waals surface area contributed by atoms with E-state index in [9.17, 15) is 9.59 Å². The average Bonchev–Trinajstić information content (AvgIpc) is 3.02. The van der Waals surface area contributed by atoms with Gasteiger partial charge >= 0.3 is 0 Å². The molecule has 2 aromatic heterocycles. The number of aryl methyl sites for hydroxylation is 3. The van der Waals surface area contributed by atoms with E-state index in [0.29, 0.717) is 15.4 Å². The van der Waals surface area contributed by atoms with Crippen molar-refractivity contribution in [3.05, 3.63) is 74.9 Å². The SMILES string of the molecule is Cc1cc(C)cc(NC(=O)CSc2nc3sc(C)c(-c4ccccc4)c3c(=O)[nH]2)c1. The van der Waals surface area contributed by atoms with Gasteiger partial charge in [0.15, 0.2) is 5.16 Å². The highest BCUT2D eigenvalue weighted by Crippen LogP contribution is 2.35. The maximum atomic E-state index is 12.8. The van der Waals surface area contributed by atoms with Gasteiger partial charge in [-0.25, -0.2) is 4.98 Å². The molecule has 4 rings (SSSR count). The lowest BCUT2D eigenvalue weighted by Gasteiger charge is -2.07. The topological polar surface area (TPSA) is 74.8 Å². The molecule has 2 N–H and O–H groups in total. The van der Waals surface area contributed by atoms with E-state index >= 15 is 0 Å². The Labute approximate surface area is 182 Å². The van der Waals surface area contributed by atoms with E-state index in [1.54, 1.807) is 0 Å². The van der Waals surface area contributed by atoms with Gasteiger partial charge in [-0.15, -0.1) is 11.3 Å². The number of fused-ring (bicyclic) bond motifs is 1. The molecule has 0 saturated heterocycles. The molecule has 30 heavy (non-hydrogen) atoms.